The molecule has 0 amide bonds. The molecule has 0 radical (unpaired) electrons. The van der Waals surface area contributed by atoms with Crippen LogP contribution >= 0.6 is 0 Å². The number of esters is 2. The fourth-order valence-electron chi connectivity index (χ4n) is 2.94. The highest BCUT2D eigenvalue weighted by atomic mass is 16.5. The summed E-state index contributed by atoms with van der Waals surface area (Å²) in [5, 5.41) is 0. The molecule has 0 fully saturated rings. The van der Waals surface area contributed by atoms with Crippen molar-refractivity contribution < 1.29 is 23.9 Å². The van der Waals surface area contributed by atoms with Crippen molar-refractivity contribution in [2.24, 2.45) is 5.92 Å². The van der Waals surface area contributed by atoms with E-state index in [0.717, 1.165) is 12.8 Å². The minimum Gasteiger partial charge on any atom is -0.462 e. The summed E-state index contributed by atoms with van der Waals surface area (Å²) in [6.45, 7) is 4.95. The lowest BCUT2D eigenvalue weighted by Crippen LogP contribution is -2.19. The van der Waals surface area contributed by atoms with Gasteiger partial charge in [0.2, 0.25) is 5.78 Å². The predicted molar refractivity (Wildman–Crippen MR) is 88.0 cm³/mol. The Hall–Kier alpha value is -2.37. The predicted octanol–water partition coefficient (Wildman–Crippen LogP) is 2.89. The number of carbonyl (C=O) groups excluding carboxylic acids is 3. The molecule has 1 aliphatic carbocycles. The van der Waals surface area contributed by atoms with Gasteiger partial charge in [0, 0.05) is 11.4 Å². The molecule has 0 saturated heterocycles. The monoisotopic (exact) mass is 333 g/mol. The van der Waals surface area contributed by atoms with Gasteiger partial charge >= 0.3 is 11.9 Å². The topological polar surface area (TPSA) is 85.5 Å². The molecule has 0 spiro atoms. The zero-order valence-electron chi connectivity index (χ0n) is 14.3. The van der Waals surface area contributed by atoms with Gasteiger partial charge in [-0.15, -0.1) is 0 Å². The number of ketones is 1. The van der Waals surface area contributed by atoms with Crippen LogP contribution in [0, 0.1) is 19.8 Å². The van der Waals surface area contributed by atoms with E-state index in [1.165, 1.54) is 0 Å². The van der Waals surface area contributed by atoms with Crippen LogP contribution in [0.3, 0.4) is 0 Å². The Balaban J connectivity index is 2.02. The first-order chi connectivity index (χ1) is 11.4. The molecule has 0 saturated carbocycles. The summed E-state index contributed by atoms with van der Waals surface area (Å²) in [4.78, 5) is 39.3. The number of nitrogens with one attached hydrogen (secondary N) is 1. The van der Waals surface area contributed by atoms with Crippen LogP contribution in [0.2, 0.25) is 0 Å². The molecule has 24 heavy (non-hydrogen) atoms. The second-order valence-electron chi connectivity index (χ2n) is 5.90. The van der Waals surface area contributed by atoms with E-state index in [-0.39, 0.29) is 36.7 Å². The molecule has 0 bridgehead atoms. The molecule has 6 nitrogen and oxygen atoms in total. The lowest BCUT2D eigenvalue weighted by molar-refractivity contribution is -0.143. The van der Waals surface area contributed by atoms with Gasteiger partial charge in [0.05, 0.1) is 24.2 Å². The number of carbonyl (C=O) groups is 3. The zero-order valence-corrected chi connectivity index (χ0v) is 14.3. The number of allylic oxidation sites excluding steroid dienone is 2. The summed E-state index contributed by atoms with van der Waals surface area (Å²) in [6.07, 6.45) is 6.23. The quantitative estimate of drug-likeness (QED) is 0.471. The summed E-state index contributed by atoms with van der Waals surface area (Å²) in [5.74, 6) is -1.17. The maximum atomic E-state index is 12.4. The number of Topliss-reactive ketones (excluding diaryl/α,β-unsaturated/α-hetero) is 1. The second-order valence-corrected chi connectivity index (χ2v) is 5.90. The SMILES string of the molecule is CCOC(=O)c1c(C)[nH]c(C)c1C(=O)COC(=O)C[C@@H]1C=CCC1. The zero-order chi connectivity index (χ0) is 17.7. The van der Waals surface area contributed by atoms with Gasteiger partial charge in [-0.1, -0.05) is 12.2 Å². The normalized spacial score (nSPS) is 16.2. The smallest absolute Gasteiger partial charge is 0.340 e. The molecule has 2 rings (SSSR count). The Morgan fingerprint density at radius 3 is 2.50 bits per heavy atom. The van der Waals surface area contributed by atoms with Crippen molar-refractivity contribution in [2.75, 3.05) is 13.2 Å². The molecule has 130 valence electrons. The standard InChI is InChI=1S/C18H23NO5/c1-4-23-18(22)17-12(3)19-11(2)16(17)14(20)10-24-15(21)9-13-7-5-6-8-13/h5,7,13,19H,4,6,8-10H2,1-3H3/t13-/m1/s1. The second kappa shape index (κ2) is 7.95. The number of hydrogen-bond donors (Lipinski definition) is 1. The van der Waals surface area contributed by atoms with Gasteiger partial charge < -0.3 is 14.5 Å². The van der Waals surface area contributed by atoms with Crippen LogP contribution in [0.25, 0.3) is 0 Å². The number of rotatable bonds is 7. The van der Waals surface area contributed by atoms with Crippen molar-refractivity contribution in [2.45, 2.75) is 40.0 Å². The van der Waals surface area contributed by atoms with Crippen LogP contribution in [-0.2, 0) is 14.3 Å². The first-order valence-electron chi connectivity index (χ1n) is 8.15. The number of aryl methyl sites for hydroxylation is 2. The van der Waals surface area contributed by atoms with Gasteiger partial charge in [0.15, 0.2) is 6.61 Å². The fraction of sp³-hybridized carbons (Fsp3) is 0.500. The maximum Gasteiger partial charge on any atom is 0.340 e. The van der Waals surface area contributed by atoms with Crippen molar-refractivity contribution in [3.63, 3.8) is 0 Å². The largest absolute Gasteiger partial charge is 0.462 e. The third kappa shape index (κ3) is 4.13. The number of ether oxygens (including phenoxy) is 2. The van der Waals surface area contributed by atoms with Crippen LogP contribution in [0.5, 0.6) is 0 Å². The average Bonchev–Trinajstić information content (AvgIpc) is 3.12. The summed E-state index contributed by atoms with van der Waals surface area (Å²) in [7, 11) is 0. The van der Waals surface area contributed by atoms with E-state index in [4.69, 9.17) is 9.47 Å². The van der Waals surface area contributed by atoms with Crippen molar-refractivity contribution in [3.8, 4) is 0 Å². The van der Waals surface area contributed by atoms with Crippen LogP contribution < -0.4 is 0 Å². The molecule has 1 atom stereocenters. The molecule has 1 aromatic rings. The summed E-state index contributed by atoms with van der Waals surface area (Å²) in [6, 6.07) is 0. The highest BCUT2D eigenvalue weighted by Crippen LogP contribution is 2.22. The van der Waals surface area contributed by atoms with Gasteiger partial charge in [-0.25, -0.2) is 4.79 Å². The number of aromatic amines is 1. The van der Waals surface area contributed by atoms with E-state index in [1.807, 2.05) is 12.2 Å². The van der Waals surface area contributed by atoms with Gasteiger partial charge in [0.1, 0.15) is 0 Å². The van der Waals surface area contributed by atoms with E-state index >= 15 is 0 Å². The van der Waals surface area contributed by atoms with Crippen LogP contribution in [-0.4, -0.2) is 35.9 Å². The third-order valence-electron chi connectivity index (χ3n) is 4.04. The van der Waals surface area contributed by atoms with Crippen LogP contribution in [0.1, 0.15) is 58.3 Å². The van der Waals surface area contributed by atoms with Crippen LogP contribution in [0.15, 0.2) is 12.2 Å². The molecule has 0 aromatic carbocycles. The van der Waals surface area contributed by atoms with Gasteiger partial charge in [0.25, 0.3) is 0 Å². The molecule has 1 heterocycles. The van der Waals surface area contributed by atoms with Gasteiger partial charge in [-0.05, 0) is 39.5 Å². The Morgan fingerprint density at radius 2 is 1.88 bits per heavy atom. The summed E-state index contributed by atoms with van der Waals surface area (Å²) >= 11 is 0. The Labute approximate surface area is 141 Å². The molecule has 0 unspecified atom stereocenters. The van der Waals surface area contributed by atoms with E-state index in [1.54, 1.807) is 20.8 Å². The van der Waals surface area contributed by atoms with Crippen molar-refractivity contribution in [1.29, 1.82) is 0 Å². The van der Waals surface area contributed by atoms with Crippen molar-refractivity contribution in [1.82, 2.24) is 4.98 Å². The molecule has 1 aromatic heterocycles. The highest BCUT2D eigenvalue weighted by molar-refractivity contribution is 6.09. The van der Waals surface area contributed by atoms with E-state index in [2.05, 4.69) is 4.98 Å². The van der Waals surface area contributed by atoms with E-state index in [0.29, 0.717) is 11.4 Å². The Morgan fingerprint density at radius 1 is 1.17 bits per heavy atom. The maximum absolute atomic E-state index is 12.4. The average molecular weight is 333 g/mol. The number of H-pyrrole nitrogens is 1. The van der Waals surface area contributed by atoms with Gasteiger partial charge in [-0.2, -0.15) is 0 Å². The molecular formula is C18H23NO5. The minimum atomic E-state index is -0.551. The molecule has 1 aliphatic rings. The first kappa shape index (κ1) is 18.0. The van der Waals surface area contributed by atoms with Crippen LogP contribution in [0.4, 0.5) is 0 Å². The third-order valence-corrected chi connectivity index (χ3v) is 4.04. The van der Waals surface area contributed by atoms with E-state index < -0.39 is 17.7 Å². The Kier molecular flexibility index (Phi) is 5.95. The molecule has 6 heteroatoms. The minimum absolute atomic E-state index is 0.193. The lowest BCUT2D eigenvalue weighted by atomic mass is 10.0. The fourth-order valence-corrected chi connectivity index (χ4v) is 2.94. The highest BCUT2D eigenvalue weighted by Gasteiger charge is 2.26. The molecule has 0 aliphatic heterocycles. The Bertz CT molecular complexity index is 671. The first-order valence-corrected chi connectivity index (χ1v) is 8.15. The number of hydrogen-bond acceptors (Lipinski definition) is 5. The van der Waals surface area contributed by atoms with Gasteiger partial charge in [-0.3, -0.25) is 9.59 Å². The van der Waals surface area contributed by atoms with Crippen molar-refractivity contribution >= 4 is 17.7 Å². The number of aromatic nitrogens is 1. The summed E-state index contributed by atoms with van der Waals surface area (Å²) < 4.78 is 10.1. The van der Waals surface area contributed by atoms with E-state index in [9.17, 15) is 14.4 Å². The summed E-state index contributed by atoms with van der Waals surface area (Å²) in [5.41, 5.74) is 1.58. The molecule has 1 N–H and O–H groups in total. The van der Waals surface area contributed by atoms with Crippen molar-refractivity contribution in [3.05, 3.63) is 34.7 Å². The molecular weight excluding hydrogens is 310 g/mol. The lowest BCUT2D eigenvalue weighted by Gasteiger charge is -2.09.